The number of carbonyl (C=O) groups excluding carboxylic acids is 1. The largest absolute Gasteiger partial charge is 0.465 e. The van der Waals surface area contributed by atoms with Gasteiger partial charge in [0, 0.05) is 50.4 Å². The topological polar surface area (TPSA) is 102 Å². The zero-order chi connectivity index (χ0) is 15.3. The van der Waals surface area contributed by atoms with Crippen molar-refractivity contribution in [1.82, 2.24) is 25.2 Å². The highest BCUT2D eigenvalue weighted by Crippen LogP contribution is 2.33. The zero-order valence-corrected chi connectivity index (χ0v) is 12.2. The van der Waals surface area contributed by atoms with Crippen LogP contribution >= 0.6 is 0 Å². The van der Waals surface area contributed by atoms with Crippen molar-refractivity contribution in [3.8, 4) is 0 Å². The van der Waals surface area contributed by atoms with E-state index in [1.807, 2.05) is 4.90 Å². The first-order valence-corrected chi connectivity index (χ1v) is 7.77. The Morgan fingerprint density at radius 1 is 1.05 bits per heavy atom. The predicted molar refractivity (Wildman–Crippen MR) is 75.1 cm³/mol. The highest BCUT2D eigenvalue weighted by atomic mass is 16.4. The molecule has 0 bridgehead atoms. The highest BCUT2D eigenvalue weighted by Gasteiger charge is 2.44. The molecule has 1 aromatic heterocycles. The van der Waals surface area contributed by atoms with Crippen molar-refractivity contribution < 1.29 is 14.7 Å². The molecular weight excluding hydrogens is 286 g/mol. The van der Waals surface area contributed by atoms with Gasteiger partial charge >= 0.3 is 6.09 Å². The first-order valence-electron chi connectivity index (χ1n) is 7.77. The highest BCUT2D eigenvalue weighted by molar-refractivity contribution is 5.80. The molecule has 2 amide bonds. The molecule has 8 nitrogen and oxygen atoms in total. The number of carboxylic acid groups (broad SMARTS) is 1. The number of nitrogens with zero attached hydrogens (tertiary/aromatic N) is 4. The fraction of sp³-hybridized carbons (Fsp3) is 0.714. The molecule has 1 aromatic rings. The average molecular weight is 305 g/mol. The fourth-order valence-electron chi connectivity index (χ4n) is 4.08. The number of nitrogens with one attached hydrogen (secondary N) is 1. The molecule has 0 radical (unpaired) electrons. The van der Waals surface area contributed by atoms with Crippen molar-refractivity contribution in [3.05, 3.63) is 11.4 Å². The van der Waals surface area contributed by atoms with Gasteiger partial charge in [-0.25, -0.2) is 4.79 Å². The summed E-state index contributed by atoms with van der Waals surface area (Å²) in [5, 5.41) is 19.9. The summed E-state index contributed by atoms with van der Waals surface area (Å²) in [6, 6.07) is 0. The number of aromatic amines is 1. The van der Waals surface area contributed by atoms with E-state index in [0.717, 1.165) is 24.2 Å². The third kappa shape index (κ3) is 2.13. The molecule has 3 atom stereocenters. The summed E-state index contributed by atoms with van der Waals surface area (Å²) < 4.78 is 0. The van der Waals surface area contributed by atoms with Gasteiger partial charge in [-0.15, -0.1) is 0 Å². The van der Waals surface area contributed by atoms with E-state index >= 15 is 0 Å². The van der Waals surface area contributed by atoms with Crippen molar-refractivity contribution in [1.29, 1.82) is 0 Å². The lowest BCUT2D eigenvalue weighted by molar-refractivity contribution is -0.135. The van der Waals surface area contributed by atoms with Crippen LogP contribution in [0.5, 0.6) is 0 Å². The lowest BCUT2D eigenvalue weighted by Gasteiger charge is -2.26. The molecule has 2 saturated heterocycles. The first-order chi connectivity index (χ1) is 10.6. The average Bonchev–Trinajstić information content (AvgIpc) is 3.18. The molecular formula is C14H19N5O3. The van der Waals surface area contributed by atoms with Crippen LogP contribution in [0.2, 0.25) is 0 Å². The molecule has 118 valence electrons. The van der Waals surface area contributed by atoms with E-state index in [4.69, 9.17) is 5.11 Å². The molecule has 8 heteroatoms. The summed E-state index contributed by atoms with van der Waals surface area (Å²) in [5.74, 6) is 0.787. The van der Waals surface area contributed by atoms with Crippen LogP contribution < -0.4 is 0 Å². The van der Waals surface area contributed by atoms with Crippen LogP contribution in [-0.2, 0) is 17.6 Å². The number of aryl methyl sites for hydroxylation is 1. The third-order valence-corrected chi connectivity index (χ3v) is 5.29. The van der Waals surface area contributed by atoms with Crippen LogP contribution in [0.4, 0.5) is 4.79 Å². The molecule has 2 aliphatic heterocycles. The molecule has 1 aliphatic carbocycles. The number of aromatic nitrogens is 3. The van der Waals surface area contributed by atoms with Crippen LogP contribution in [0.1, 0.15) is 17.8 Å². The number of hydrogen-bond acceptors (Lipinski definition) is 4. The number of likely N-dealkylation sites (tertiary alicyclic amines) is 2. The van der Waals surface area contributed by atoms with Gasteiger partial charge in [-0.05, 0) is 12.8 Å². The summed E-state index contributed by atoms with van der Waals surface area (Å²) >= 11 is 0. The molecule has 22 heavy (non-hydrogen) atoms. The number of carbonyl (C=O) groups is 2. The van der Waals surface area contributed by atoms with Gasteiger partial charge in [0.15, 0.2) is 0 Å². The minimum absolute atomic E-state index is 0.00740. The minimum Gasteiger partial charge on any atom is -0.465 e. The summed E-state index contributed by atoms with van der Waals surface area (Å²) in [7, 11) is 0. The van der Waals surface area contributed by atoms with Gasteiger partial charge in [0.2, 0.25) is 5.91 Å². The molecule has 2 fully saturated rings. The zero-order valence-electron chi connectivity index (χ0n) is 12.2. The molecule has 3 unspecified atom stereocenters. The van der Waals surface area contributed by atoms with Crippen LogP contribution in [0.15, 0.2) is 0 Å². The van der Waals surface area contributed by atoms with Gasteiger partial charge in [0.25, 0.3) is 0 Å². The van der Waals surface area contributed by atoms with E-state index in [1.165, 1.54) is 4.90 Å². The Kier molecular flexibility index (Phi) is 3.05. The van der Waals surface area contributed by atoms with E-state index in [1.54, 1.807) is 0 Å². The molecule has 0 spiro atoms. The maximum Gasteiger partial charge on any atom is 0.407 e. The number of rotatable bonds is 1. The lowest BCUT2D eigenvalue weighted by Crippen LogP contribution is -2.39. The summed E-state index contributed by atoms with van der Waals surface area (Å²) in [5.41, 5.74) is 1.90. The normalized spacial score (nSPS) is 30.3. The summed E-state index contributed by atoms with van der Waals surface area (Å²) in [4.78, 5) is 27.1. The number of hydrogen-bond donors (Lipinski definition) is 2. The van der Waals surface area contributed by atoms with Gasteiger partial charge in [-0.3, -0.25) is 4.79 Å². The second-order valence-electron chi connectivity index (χ2n) is 6.61. The Bertz CT molecular complexity index is 601. The van der Waals surface area contributed by atoms with E-state index in [-0.39, 0.29) is 11.8 Å². The van der Waals surface area contributed by atoms with Crippen LogP contribution in [0, 0.1) is 17.8 Å². The van der Waals surface area contributed by atoms with Crippen molar-refractivity contribution in [2.75, 3.05) is 26.2 Å². The third-order valence-electron chi connectivity index (χ3n) is 5.29. The standard InChI is InChI=1S/C14H19N5O3/c20-13(8-1-2-11-12(3-8)16-17-15-11)18-4-9-6-19(14(21)22)7-10(9)5-18/h8-10H,1-7H2,(H,21,22)(H,15,16,17). The summed E-state index contributed by atoms with van der Waals surface area (Å²) in [6.07, 6.45) is 1.44. The van der Waals surface area contributed by atoms with E-state index in [9.17, 15) is 9.59 Å². The lowest BCUT2D eigenvalue weighted by atomic mass is 9.89. The van der Waals surface area contributed by atoms with Crippen molar-refractivity contribution >= 4 is 12.0 Å². The quantitative estimate of drug-likeness (QED) is 0.759. The Balaban J connectivity index is 1.39. The Morgan fingerprint density at radius 3 is 2.36 bits per heavy atom. The number of fused-ring (bicyclic) bond motifs is 2. The second-order valence-corrected chi connectivity index (χ2v) is 6.61. The molecule has 3 heterocycles. The smallest absolute Gasteiger partial charge is 0.407 e. The van der Waals surface area contributed by atoms with E-state index in [2.05, 4.69) is 15.4 Å². The predicted octanol–water partition coefficient (Wildman–Crippen LogP) is -0.0222. The monoisotopic (exact) mass is 305 g/mol. The Labute approximate surface area is 127 Å². The maximum atomic E-state index is 12.7. The van der Waals surface area contributed by atoms with Crippen LogP contribution in [0.25, 0.3) is 0 Å². The van der Waals surface area contributed by atoms with Gasteiger partial charge in [0.1, 0.15) is 0 Å². The van der Waals surface area contributed by atoms with Gasteiger partial charge in [0.05, 0.1) is 11.4 Å². The summed E-state index contributed by atoms with van der Waals surface area (Å²) in [6.45, 7) is 2.49. The van der Waals surface area contributed by atoms with Crippen LogP contribution in [0.3, 0.4) is 0 Å². The first kappa shape index (κ1) is 13.5. The molecule has 0 aromatic carbocycles. The number of H-pyrrole nitrogens is 1. The van der Waals surface area contributed by atoms with Crippen molar-refractivity contribution in [3.63, 3.8) is 0 Å². The van der Waals surface area contributed by atoms with E-state index < -0.39 is 6.09 Å². The van der Waals surface area contributed by atoms with Crippen molar-refractivity contribution in [2.24, 2.45) is 17.8 Å². The van der Waals surface area contributed by atoms with Gasteiger partial charge in [-0.1, -0.05) is 0 Å². The SMILES string of the molecule is O=C(O)N1CC2CN(C(=O)C3CCc4n[nH]nc4C3)CC2C1. The Morgan fingerprint density at radius 2 is 1.68 bits per heavy atom. The Hall–Kier alpha value is -2.12. The molecule has 3 aliphatic rings. The maximum absolute atomic E-state index is 12.7. The molecule has 4 rings (SSSR count). The van der Waals surface area contributed by atoms with E-state index in [0.29, 0.717) is 44.4 Å². The molecule has 2 N–H and O–H groups in total. The minimum atomic E-state index is -0.849. The van der Waals surface area contributed by atoms with Gasteiger partial charge < -0.3 is 14.9 Å². The fourth-order valence-corrected chi connectivity index (χ4v) is 4.08. The van der Waals surface area contributed by atoms with Gasteiger partial charge in [-0.2, -0.15) is 15.4 Å². The second kappa shape index (κ2) is 4.96. The van der Waals surface area contributed by atoms with Crippen molar-refractivity contribution in [2.45, 2.75) is 19.3 Å². The number of amides is 2. The molecule has 0 saturated carbocycles. The van der Waals surface area contributed by atoms with Crippen LogP contribution in [-0.4, -0.2) is 68.5 Å².